The number of nitrogens with two attached hydrogens (primary N) is 1. The van der Waals surface area contributed by atoms with Crippen LogP contribution in [0.3, 0.4) is 0 Å². The largest absolute Gasteiger partial charge is 0.492 e. The molecule has 2 nitrogen and oxygen atoms in total. The average molecular weight is 257 g/mol. The molecule has 0 amide bonds. The van der Waals surface area contributed by atoms with Gasteiger partial charge in [-0.05, 0) is 47.7 Å². The van der Waals surface area contributed by atoms with E-state index in [2.05, 4.69) is 43.3 Å². The third-order valence-electron chi connectivity index (χ3n) is 3.26. The molecule has 0 radical (unpaired) electrons. The number of fused-ring (bicyclic) bond motifs is 1. The second kappa shape index (κ2) is 4.67. The van der Waals surface area contributed by atoms with Crippen LogP contribution in [-0.4, -0.2) is 6.61 Å². The molecule has 0 aromatic heterocycles. The van der Waals surface area contributed by atoms with Crippen LogP contribution in [0.15, 0.2) is 41.3 Å². The second-order valence-corrected chi connectivity index (χ2v) is 5.22. The van der Waals surface area contributed by atoms with E-state index in [-0.39, 0.29) is 0 Å². The first-order valence-electron chi connectivity index (χ1n) is 6.01. The van der Waals surface area contributed by atoms with Gasteiger partial charge in [-0.15, -0.1) is 0 Å². The van der Waals surface area contributed by atoms with Gasteiger partial charge in [0, 0.05) is 6.42 Å². The number of rotatable bonds is 2. The Balaban J connectivity index is 2.10. The van der Waals surface area contributed by atoms with Crippen molar-refractivity contribution in [2.75, 3.05) is 6.61 Å². The second-order valence-electron chi connectivity index (χ2n) is 4.54. The van der Waals surface area contributed by atoms with Crippen molar-refractivity contribution in [1.82, 2.24) is 0 Å². The van der Waals surface area contributed by atoms with Crippen molar-refractivity contribution >= 4 is 11.9 Å². The van der Waals surface area contributed by atoms with Crippen LogP contribution in [0.1, 0.15) is 11.1 Å². The number of aryl methyl sites for hydroxylation is 1. The number of ether oxygens (including phenoxy) is 1. The summed E-state index contributed by atoms with van der Waals surface area (Å²) in [5, 5.41) is 5.73. The first-order valence-corrected chi connectivity index (χ1v) is 6.89. The predicted molar refractivity (Wildman–Crippen MR) is 75.9 cm³/mol. The summed E-state index contributed by atoms with van der Waals surface area (Å²) in [6.07, 6.45) is 0.975. The molecule has 1 aliphatic heterocycles. The molecule has 1 aliphatic rings. The first-order chi connectivity index (χ1) is 8.78. The summed E-state index contributed by atoms with van der Waals surface area (Å²) in [4.78, 5) is 1.03. The zero-order valence-electron chi connectivity index (χ0n) is 10.3. The van der Waals surface area contributed by atoms with Gasteiger partial charge in [0.05, 0.1) is 11.5 Å². The average Bonchev–Trinajstić information content (AvgIpc) is 2.86. The Morgan fingerprint density at radius 1 is 1.11 bits per heavy atom. The maximum Gasteiger partial charge on any atom is 0.137 e. The van der Waals surface area contributed by atoms with Gasteiger partial charge < -0.3 is 4.74 Å². The molecule has 92 valence electrons. The molecule has 18 heavy (non-hydrogen) atoms. The fraction of sp³-hybridized carbons (Fsp3) is 0.200. The summed E-state index contributed by atoms with van der Waals surface area (Å²) in [6, 6.07) is 12.9. The van der Waals surface area contributed by atoms with Crippen LogP contribution in [0.25, 0.3) is 11.1 Å². The van der Waals surface area contributed by atoms with Crippen LogP contribution < -0.4 is 9.88 Å². The lowest BCUT2D eigenvalue weighted by atomic mass is 10.0. The molecule has 1 heterocycles. The molecular formula is C15H15NOS. The molecule has 2 N–H and O–H groups in total. The summed E-state index contributed by atoms with van der Waals surface area (Å²) in [5.74, 6) is 0.971. The van der Waals surface area contributed by atoms with Crippen LogP contribution in [0, 0.1) is 6.92 Å². The Morgan fingerprint density at radius 3 is 2.61 bits per heavy atom. The molecule has 0 saturated carbocycles. The fourth-order valence-electron chi connectivity index (χ4n) is 2.27. The van der Waals surface area contributed by atoms with Crippen LogP contribution in [-0.2, 0) is 6.42 Å². The van der Waals surface area contributed by atoms with E-state index < -0.39 is 0 Å². The van der Waals surface area contributed by atoms with Crippen LogP contribution in [0.2, 0.25) is 0 Å². The van der Waals surface area contributed by atoms with E-state index in [4.69, 9.17) is 9.88 Å². The molecular weight excluding hydrogens is 242 g/mol. The molecule has 2 aromatic rings. The van der Waals surface area contributed by atoms with Gasteiger partial charge in [0.15, 0.2) is 0 Å². The molecule has 0 fully saturated rings. The minimum Gasteiger partial charge on any atom is -0.492 e. The van der Waals surface area contributed by atoms with E-state index in [0.717, 1.165) is 23.7 Å². The van der Waals surface area contributed by atoms with E-state index in [0.29, 0.717) is 0 Å². The number of benzene rings is 2. The highest BCUT2D eigenvalue weighted by Gasteiger charge is 2.18. The molecule has 3 rings (SSSR count). The highest BCUT2D eigenvalue weighted by atomic mass is 32.2. The van der Waals surface area contributed by atoms with Gasteiger partial charge in [-0.2, -0.15) is 0 Å². The third-order valence-corrected chi connectivity index (χ3v) is 3.82. The smallest absolute Gasteiger partial charge is 0.137 e. The Hall–Kier alpha value is -1.45. The summed E-state index contributed by atoms with van der Waals surface area (Å²) in [6.45, 7) is 2.86. The van der Waals surface area contributed by atoms with E-state index in [1.807, 2.05) is 0 Å². The standard InChI is InChI=1S/C15H15NOS/c1-10-2-4-11(5-3-10)13-8-12-6-7-17-15(12)14(9-13)18-16/h2-5,8-9H,6-7,16H2,1H3. The van der Waals surface area contributed by atoms with Crippen molar-refractivity contribution < 1.29 is 4.74 Å². The maximum atomic E-state index is 5.73. The van der Waals surface area contributed by atoms with Crippen molar-refractivity contribution in [2.24, 2.45) is 5.14 Å². The van der Waals surface area contributed by atoms with Gasteiger partial charge in [0.25, 0.3) is 0 Å². The van der Waals surface area contributed by atoms with Gasteiger partial charge in [0.1, 0.15) is 5.75 Å². The summed E-state index contributed by atoms with van der Waals surface area (Å²) >= 11 is 1.26. The van der Waals surface area contributed by atoms with Crippen molar-refractivity contribution in [3.8, 4) is 16.9 Å². The Morgan fingerprint density at radius 2 is 1.89 bits per heavy atom. The molecule has 0 atom stereocenters. The molecule has 0 spiro atoms. The van der Waals surface area contributed by atoms with E-state index in [1.165, 1.54) is 34.2 Å². The van der Waals surface area contributed by atoms with E-state index in [1.54, 1.807) is 0 Å². The zero-order chi connectivity index (χ0) is 12.5. The number of hydrogen-bond donors (Lipinski definition) is 1. The van der Waals surface area contributed by atoms with E-state index >= 15 is 0 Å². The topological polar surface area (TPSA) is 35.2 Å². The van der Waals surface area contributed by atoms with Gasteiger partial charge >= 0.3 is 0 Å². The lowest BCUT2D eigenvalue weighted by Gasteiger charge is -2.09. The highest BCUT2D eigenvalue weighted by Crippen LogP contribution is 2.38. The van der Waals surface area contributed by atoms with Gasteiger partial charge in [-0.1, -0.05) is 29.8 Å². The van der Waals surface area contributed by atoms with Crippen LogP contribution in [0.4, 0.5) is 0 Å². The quantitative estimate of drug-likeness (QED) is 0.835. The highest BCUT2D eigenvalue weighted by molar-refractivity contribution is 7.97. The summed E-state index contributed by atoms with van der Waals surface area (Å²) in [5.41, 5.74) is 4.98. The molecule has 0 unspecified atom stereocenters. The van der Waals surface area contributed by atoms with E-state index in [9.17, 15) is 0 Å². The molecule has 0 aliphatic carbocycles. The van der Waals surface area contributed by atoms with Crippen LogP contribution in [0.5, 0.6) is 5.75 Å². The predicted octanol–water partition coefficient (Wildman–Crippen LogP) is 3.56. The third kappa shape index (κ3) is 2.00. The number of hydrogen-bond acceptors (Lipinski definition) is 3. The van der Waals surface area contributed by atoms with Crippen molar-refractivity contribution in [3.63, 3.8) is 0 Å². The minimum absolute atomic E-state index is 0.764. The van der Waals surface area contributed by atoms with Gasteiger partial charge in [-0.3, -0.25) is 5.14 Å². The molecule has 0 bridgehead atoms. The normalized spacial score (nSPS) is 13.2. The maximum absolute atomic E-state index is 5.73. The Kier molecular flexibility index (Phi) is 3.02. The SMILES string of the molecule is Cc1ccc(-c2cc3c(c(SN)c2)OCC3)cc1. The first kappa shape index (κ1) is 11.6. The van der Waals surface area contributed by atoms with Gasteiger partial charge in [0.2, 0.25) is 0 Å². The minimum atomic E-state index is 0.764. The Labute approximate surface area is 111 Å². The lowest BCUT2D eigenvalue weighted by Crippen LogP contribution is -1.90. The van der Waals surface area contributed by atoms with Crippen LogP contribution >= 0.6 is 11.9 Å². The van der Waals surface area contributed by atoms with Crippen molar-refractivity contribution in [2.45, 2.75) is 18.2 Å². The zero-order valence-corrected chi connectivity index (χ0v) is 11.1. The monoisotopic (exact) mass is 257 g/mol. The molecule has 0 saturated heterocycles. The fourth-order valence-corrected chi connectivity index (χ4v) is 2.76. The molecule has 2 aromatic carbocycles. The summed E-state index contributed by atoms with van der Waals surface area (Å²) in [7, 11) is 0. The molecule has 3 heteroatoms. The lowest BCUT2D eigenvalue weighted by molar-refractivity contribution is 0.350. The van der Waals surface area contributed by atoms with Crippen molar-refractivity contribution in [1.29, 1.82) is 0 Å². The van der Waals surface area contributed by atoms with Crippen molar-refractivity contribution in [3.05, 3.63) is 47.5 Å². The van der Waals surface area contributed by atoms with Gasteiger partial charge in [-0.25, -0.2) is 0 Å². The summed E-state index contributed by atoms with van der Waals surface area (Å²) < 4.78 is 5.63. The Bertz CT molecular complexity index is 578.